The van der Waals surface area contributed by atoms with E-state index in [9.17, 15) is 4.39 Å². The van der Waals surface area contributed by atoms with E-state index in [2.05, 4.69) is 5.32 Å². The summed E-state index contributed by atoms with van der Waals surface area (Å²) in [4.78, 5) is 0. The van der Waals surface area contributed by atoms with Gasteiger partial charge in [-0.15, -0.1) is 11.6 Å². The van der Waals surface area contributed by atoms with Crippen LogP contribution in [0.15, 0.2) is 18.2 Å². The fourth-order valence-corrected chi connectivity index (χ4v) is 2.81. The molecule has 0 aliphatic heterocycles. The van der Waals surface area contributed by atoms with Crippen LogP contribution in [0, 0.1) is 11.7 Å². The minimum Gasteiger partial charge on any atom is -0.312 e. The summed E-state index contributed by atoms with van der Waals surface area (Å²) in [5.74, 6) is 0.269. The Morgan fingerprint density at radius 2 is 2.18 bits per heavy atom. The number of nitrogens with one attached hydrogen (secondary N) is 1. The zero-order chi connectivity index (χ0) is 12.3. The number of rotatable bonds is 4. The number of halogens is 3. The normalized spacial score (nSPS) is 24.2. The molecule has 2 atom stereocenters. The zero-order valence-corrected chi connectivity index (χ0v) is 11.1. The summed E-state index contributed by atoms with van der Waals surface area (Å²) in [6.07, 6.45) is 3.48. The maximum absolute atomic E-state index is 13.5. The lowest BCUT2D eigenvalue weighted by Gasteiger charge is -2.14. The van der Waals surface area contributed by atoms with Gasteiger partial charge < -0.3 is 5.32 Å². The van der Waals surface area contributed by atoms with Gasteiger partial charge in [-0.3, -0.25) is 0 Å². The van der Waals surface area contributed by atoms with Crippen molar-refractivity contribution >= 4 is 23.2 Å². The van der Waals surface area contributed by atoms with Gasteiger partial charge in [0.15, 0.2) is 0 Å². The molecule has 1 aromatic rings. The quantitative estimate of drug-likeness (QED) is 0.820. The highest BCUT2D eigenvalue weighted by Crippen LogP contribution is 2.29. The van der Waals surface area contributed by atoms with Gasteiger partial charge in [-0.1, -0.05) is 24.1 Å². The number of hydrogen-bond donors (Lipinski definition) is 1. The molecular formula is C13H16Cl2FN. The summed E-state index contributed by atoms with van der Waals surface area (Å²) in [7, 11) is 0. The Morgan fingerprint density at radius 3 is 2.82 bits per heavy atom. The summed E-state index contributed by atoms with van der Waals surface area (Å²) in [6.45, 7) is 1.39. The molecule has 0 heterocycles. The fourth-order valence-electron chi connectivity index (χ4n) is 2.28. The predicted molar refractivity (Wildman–Crippen MR) is 70.1 cm³/mol. The van der Waals surface area contributed by atoms with Gasteiger partial charge in [0.25, 0.3) is 0 Å². The van der Waals surface area contributed by atoms with E-state index in [-0.39, 0.29) is 11.2 Å². The van der Waals surface area contributed by atoms with Gasteiger partial charge in [0.1, 0.15) is 5.82 Å². The molecule has 1 saturated carbocycles. The molecule has 0 radical (unpaired) electrons. The van der Waals surface area contributed by atoms with Crippen LogP contribution in [0.2, 0.25) is 5.02 Å². The highest BCUT2D eigenvalue weighted by atomic mass is 35.5. The molecule has 0 aromatic heterocycles. The van der Waals surface area contributed by atoms with E-state index in [1.807, 2.05) is 0 Å². The van der Waals surface area contributed by atoms with Gasteiger partial charge in [-0.05, 0) is 37.4 Å². The van der Waals surface area contributed by atoms with Crippen molar-refractivity contribution < 1.29 is 4.39 Å². The molecule has 0 amide bonds. The topological polar surface area (TPSA) is 12.0 Å². The molecule has 94 valence electrons. The number of hydrogen-bond acceptors (Lipinski definition) is 1. The minimum absolute atomic E-state index is 0.251. The lowest BCUT2D eigenvalue weighted by atomic mass is 10.1. The first-order valence-corrected chi connectivity index (χ1v) is 6.77. The van der Waals surface area contributed by atoms with Crippen molar-refractivity contribution in [1.82, 2.24) is 5.32 Å². The molecule has 1 N–H and O–H groups in total. The summed E-state index contributed by atoms with van der Waals surface area (Å²) in [5, 5.41) is 3.98. The molecule has 0 saturated heterocycles. The Hall–Kier alpha value is -0.310. The van der Waals surface area contributed by atoms with Gasteiger partial charge in [0.2, 0.25) is 0 Å². The van der Waals surface area contributed by atoms with Crippen molar-refractivity contribution in [1.29, 1.82) is 0 Å². The summed E-state index contributed by atoms with van der Waals surface area (Å²) >= 11 is 11.9. The third-order valence-electron chi connectivity index (χ3n) is 3.30. The van der Waals surface area contributed by atoms with Crippen LogP contribution in [0.5, 0.6) is 0 Å². The van der Waals surface area contributed by atoms with E-state index in [1.165, 1.54) is 18.9 Å². The van der Waals surface area contributed by atoms with E-state index in [4.69, 9.17) is 23.2 Å². The van der Waals surface area contributed by atoms with Crippen LogP contribution >= 0.6 is 23.2 Å². The first-order valence-electron chi connectivity index (χ1n) is 5.95. The Bertz CT molecular complexity index is 384. The smallest absolute Gasteiger partial charge is 0.129 e. The van der Waals surface area contributed by atoms with Crippen LogP contribution in [0.25, 0.3) is 0 Å². The summed E-state index contributed by atoms with van der Waals surface area (Å²) < 4.78 is 13.5. The minimum atomic E-state index is -0.251. The van der Waals surface area contributed by atoms with E-state index in [1.54, 1.807) is 12.1 Å². The molecule has 1 aliphatic carbocycles. The average molecular weight is 276 g/mol. The van der Waals surface area contributed by atoms with Crippen LogP contribution < -0.4 is 5.32 Å². The fraction of sp³-hybridized carbons (Fsp3) is 0.538. The molecular weight excluding hydrogens is 260 g/mol. The van der Waals surface area contributed by atoms with Gasteiger partial charge >= 0.3 is 0 Å². The molecule has 2 rings (SSSR count). The summed E-state index contributed by atoms with van der Waals surface area (Å²) in [5.41, 5.74) is 0.651. The van der Waals surface area contributed by atoms with E-state index >= 15 is 0 Å². The van der Waals surface area contributed by atoms with Gasteiger partial charge in [0, 0.05) is 22.5 Å². The number of alkyl halides is 1. The first kappa shape index (κ1) is 13.1. The molecule has 1 nitrogen and oxygen atoms in total. The van der Waals surface area contributed by atoms with Crippen LogP contribution in [0.4, 0.5) is 4.39 Å². The second kappa shape index (κ2) is 6.03. The SMILES string of the molecule is Fc1cc(Cl)ccc1CNCC1CCCC1Cl. The lowest BCUT2D eigenvalue weighted by Crippen LogP contribution is -2.25. The average Bonchev–Trinajstić information content (AvgIpc) is 2.68. The van der Waals surface area contributed by atoms with Crippen molar-refractivity contribution in [3.8, 4) is 0 Å². The Morgan fingerprint density at radius 1 is 1.35 bits per heavy atom. The molecule has 2 unspecified atom stereocenters. The zero-order valence-electron chi connectivity index (χ0n) is 9.56. The molecule has 0 bridgehead atoms. The third-order valence-corrected chi connectivity index (χ3v) is 4.11. The highest BCUT2D eigenvalue weighted by Gasteiger charge is 2.24. The van der Waals surface area contributed by atoms with Crippen molar-refractivity contribution in [2.24, 2.45) is 5.92 Å². The molecule has 1 aromatic carbocycles. The number of benzene rings is 1. The van der Waals surface area contributed by atoms with E-state index < -0.39 is 0 Å². The third kappa shape index (κ3) is 3.57. The van der Waals surface area contributed by atoms with Crippen molar-refractivity contribution in [3.63, 3.8) is 0 Å². The van der Waals surface area contributed by atoms with Crippen molar-refractivity contribution in [2.75, 3.05) is 6.54 Å². The maximum atomic E-state index is 13.5. The lowest BCUT2D eigenvalue weighted by molar-refractivity contribution is 0.487. The van der Waals surface area contributed by atoms with Crippen LogP contribution in [-0.4, -0.2) is 11.9 Å². The Kier molecular flexibility index (Phi) is 4.66. The van der Waals surface area contributed by atoms with Crippen molar-refractivity contribution in [2.45, 2.75) is 31.2 Å². The van der Waals surface area contributed by atoms with Crippen molar-refractivity contribution in [3.05, 3.63) is 34.6 Å². The summed E-state index contributed by atoms with van der Waals surface area (Å²) in [6, 6.07) is 4.78. The van der Waals surface area contributed by atoms with E-state index in [0.29, 0.717) is 23.0 Å². The van der Waals surface area contributed by atoms with Gasteiger partial charge in [-0.2, -0.15) is 0 Å². The largest absolute Gasteiger partial charge is 0.312 e. The highest BCUT2D eigenvalue weighted by molar-refractivity contribution is 6.30. The molecule has 17 heavy (non-hydrogen) atoms. The van der Waals surface area contributed by atoms with Gasteiger partial charge in [-0.25, -0.2) is 4.39 Å². The second-order valence-corrected chi connectivity index (χ2v) is 5.57. The predicted octanol–water partition coefficient (Wildman–Crippen LogP) is 3.98. The van der Waals surface area contributed by atoms with E-state index in [0.717, 1.165) is 13.0 Å². The Labute approximate surface area is 111 Å². The monoisotopic (exact) mass is 275 g/mol. The first-order chi connectivity index (χ1) is 8.16. The second-order valence-electron chi connectivity index (χ2n) is 4.57. The standard InChI is InChI=1S/C13H16Cl2FN/c14-11-5-4-10(13(16)6-11)8-17-7-9-2-1-3-12(9)15/h4-6,9,12,17H,1-3,7-8H2. The van der Waals surface area contributed by atoms with Crippen LogP contribution in [-0.2, 0) is 6.54 Å². The molecule has 1 aliphatic rings. The Balaban J connectivity index is 1.81. The van der Waals surface area contributed by atoms with Gasteiger partial charge in [0.05, 0.1) is 0 Å². The molecule has 4 heteroatoms. The van der Waals surface area contributed by atoms with Crippen LogP contribution in [0.3, 0.4) is 0 Å². The molecule has 1 fully saturated rings. The molecule has 0 spiro atoms. The maximum Gasteiger partial charge on any atom is 0.129 e. The van der Waals surface area contributed by atoms with Crippen LogP contribution in [0.1, 0.15) is 24.8 Å².